The molecule has 8 aromatic rings. The van der Waals surface area contributed by atoms with Gasteiger partial charge >= 0.3 is 0 Å². The Morgan fingerprint density at radius 3 is 0.717 bits per heavy atom. The summed E-state index contributed by atoms with van der Waals surface area (Å²) in [7, 11) is 6.45. The van der Waals surface area contributed by atoms with Crippen LogP contribution in [-0.4, -0.2) is 55.6 Å². The Hall–Kier alpha value is -4.24. The molecule has 8 nitrogen and oxygen atoms in total. The quantitative estimate of drug-likeness (QED) is 0.0998. The molecule has 12 heteroatoms. The van der Waals surface area contributed by atoms with Crippen LogP contribution < -0.4 is 18.9 Å². The van der Waals surface area contributed by atoms with Gasteiger partial charge < -0.3 is 37.9 Å². The molecule has 0 radical (unpaired) electrons. The fourth-order valence-electron chi connectivity index (χ4n) is 7.12. The number of fused-ring (bicyclic) bond motifs is 4. The van der Waals surface area contributed by atoms with Gasteiger partial charge in [-0.2, -0.15) is 0 Å². The summed E-state index contributed by atoms with van der Waals surface area (Å²) < 4.78 is 48.7. The van der Waals surface area contributed by atoms with Gasteiger partial charge in [0.05, 0.1) is 0 Å². The maximum Gasteiger partial charge on any atom is 0.188 e. The molecule has 0 aliphatic carbocycles. The zero-order chi connectivity index (χ0) is 42.2. The van der Waals surface area contributed by atoms with Crippen LogP contribution in [0.25, 0.3) is 65.3 Å². The average molecular weight is 1060 g/mol. The molecule has 8 aromatic carbocycles. The van der Waals surface area contributed by atoms with Crippen LogP contribution in [0.5, 0.6) is 23.0 Å². The van der Waals surface area contributed by atoms with E-state index < -0.39 is 0 Å². The predicted octanol–water partition coefficient (Wildman–Crippen LogP) is 14.3. The number of hydrogen-bond acceptors (Lipinski definition) is 8. The van der Waals surface area contributed by atoms with Crippen LogP contribution >= 0.6 is 63.7 Å². The Balaban J connectivity index is 0.000000181. The zero-order valence-electron chi connectivity index (χ0n) is 33.2. The minimum Gasteiger partial charge on any atom is -0.467 e. The van der Waals surface area contributed by atoms with E-state index in [0.29, 0.717) is 0 Å². The van der Waals surface area contributed by atoms with Crippen LogP contribution in [0.1, 0.15) is 0 Å². The Morgan fingerprint density at radius 1 is 0.300 bits per heavy atom. The lowest BCUT2D eigenvalue weighted by atomic mass is 9.92. The van der Waals surface area contributed by atoms with Crippen molar-refractivity contribution in [1.82, 2.24) is 0 Å². The number of methoxy groups -OCH3 is 4. The molecule has 0 atom stereocenters. The molecule has 0 aliphatic rings. The lowest BCUT2D eigenvalue weighted by Crippen LogP contribution is -2.03. The molecule has 0 saturated heterocycles. The topological polar surface area (TPSA) is 73.8 Å². The van der Waals surface area contributed by atoms with Crippen molar-refractivity contribution in [2.24, 2.45) is 0 Å². The smallest absolute Gasteiger partial charge is 0.188 e. The van der Waals surface area contributed by atoms with Crippen molar-refractivity contribution >= 4 is 107 Å². The molecule has 0 bridgehead atoms. The molecule has 0 unspecified atom stereocenters. The van der Waals surface area contributed by atoms with E-state index in [1.807, 2.05) is 72.8 Å². The van der Waals surface area contributed by atoms with Gasteiger partial charge in [0.1, 0.15) is 23.0 Å². The average Bonchev–Trinajstić information content (AvgIpc) is 3.25. The lowest BCUT2D eigenvalue weighted by molar-refractivity contribution is 0.0502. The van der Waals surface area contributed by atoms with Crippen molar-refractivity contribution in [3.63, 3.8) is 0 Å². The van der Waals surface area contributed by atoms with E-state index in [9.17, 15) is 0 Å². The van der Waals surface area contributed by atoms with Crippen molar-refractivity contribution in [3.8, 4) is 45.3 Å². The lowest BCUT2D eigenvalue weighted by Gasteiger charge is -2.19. The molecule has 0 amide bonds. The van der Waals surface area contributed by atoms with Gasteiger partial charge in [-0.1, -0.05) is 112 Å². The number of hydrogen-bond donors (Lipinski definition) is 0. The van der Waals surface area contributed by atoms with Crippen LogP contribution in [0.15, 0.2) is 139 Å². The van der Waals surface area contributed by atoms with E-state index in [4.69, 9.17) is 37.9 Å². The Kier molecular flexibility index (Phi) is 15.0. The van der Waals surface area contributed by atoms with Crippen molar-refractivity contribution in [2.75, 3.05) is 55.6 Å². The standard InChI is InChI=1S/2C24H20Br2O4/c2*1-27-13-29-21-9-3-15-11-17(25)5-7-19(15)23(21)24-20-8-6-18(26)12-16(20)4-10-22(24)30-14-28-2/h2*3-12H,13-14H2,1-2H3. The minimum absolute atomic E-state index is 0.152. The van der Waals surface area contributed by atoms with E-state index in [0.717, 1.165) is 106 Å². The fourth-order valence-corrected chi connectivity index (χ4v) is 8.64. The third-order valence-electron chi connectivity index (χ3n) is 9.60. The van der Waals surface area contributed by atoms with E-state index >= 15 is 0 Å². The number of rotatable bonds is 14. The first-order valence-corrected chi connectivity index (χ1v) is 21.8. The zero-order valence-corrected chi connectivity index (χ0v) is 39.5. The van der Waals surface area contributed by atoms with E-state index in [-0.39, 0.29) is 27.2 Å². The van der Waals surface area contributed by atoms with E-state index in [1.165, 1.54) is 0 Å². The normalized spacial score (nSPS) is 11.2. The molecule has 0 heterocycles. The highest BCUT2D eigenvalue weighted by Gasteiger charge is 2.21. The predicted molar refractivity (Wildman–Crippen MR) is 255 cm³/mol. The molecule has 8 rings (SSSR count). The molecule has 0 spiro atoms. The number of benzene rings is 8. The second kappa shape index (κ2) is 20.5. The molecule has 308 valence electrons. The SMILES string of the molecule is COCOc1ccc2cc(Br)ccc2c1-c1c(OCOC)ccc2cc(Br)ccc12.COCOc1ccc2cc(Br)ccc2c1-c1c(OCOC)ccc2cc(Br)ccc12. The van der Waals surface area contributed by atoms with Gasteiger partial charge in [0.25, 0.3) is 0 Å². The number of halogens is 4. The molecule has 0 aliphatic heterocycles. The molecular formula is C48H40Br4O8. The molecule has 60 heavy (non-hydrogen) atoms. The van der Waals surface area contributed by atoms with Gasteiger partial charge in [0.2, 0.25) is 0 Å². The molecular weight excluding hydrogens is 1020 g/mol. The first-order valence-electron chi connectivity index (χ1n) is 18.6. The summed E-state index contributed by atoms with van der Waals surface area (Å²) >= 11 is 14.3. The first kappa shape index (κ1) is 43.8. The highest BCUT2D eigenvalue weighted by molar-refractivity contribution is 9.11. The van der Waals surface area contributed by atoms with Gasteiger partial charge in [0.15, 0.2) is 27.2 Å². The third-order valence-corrected chi connectivity index (χ3v) is 11.6. The summed E-state index contributed by atoms with van der Waals surface area (Å²) in [6, 6.07) is 40.9. The Morgan fingerprint density at radius 2 is 0.517 bits per heavy atom. The summed E-state index contributed by atoms with van der Waals surface area (Å²) in [5.41, 5.74) is 3.82. The van der Waals surface area contributed by atoms with Gasteiger partial charge in [-0.3, -0.25) is 0 Å². The maximum atomic E-state index is 5.98. The van der Waals surface area contributed by atoms with Crippen LogP contribution in [0.4, 0.5) is 0 Å². The van der Waals surface area contributed by atoms with Gasteiger partial charge in [0, 0.05) is 68.6 Å². The molecule has 0 fully saturated rings. The fraction of sp³-hybridized carbons (Fsp3) is 0.167. The van der Waals surface area contributed by atoms with Gasteiger partial charge in [-0.25, -0.2) is 0 Å². The highest BCUT2D eigenvalue weighted by Crippen LogP contribution is 2.48. The highest BCUT2D eigenvalue weighted by atomic mass is 79.9. The van der Waals surface area contributed by atoms with Crippen molar-refractivity contribution in [1.29, 1.82) is 0 Å². The summed E-state index contributed by atoms with van der Waals surface area (Å²) in [6.07, 6.45) is 0. The summed E-state index contributed by atoms with van der Waals surface area (Å²) in [6.45, 7) is 0.610. The van der Waals surface area contributed by atoms with Crippen LogP contribution in [0, 0.1) is 0 Å². The summed E-state index contributed by atoms with van der Waals surface area (Å²) in [5.74, 6) is 2.91. The van der Waals surface area contributed by atoms with Gasteiger partial charge in [-0.05, 0) is 116 Å². The van der Waals surface area contributed by atoms with Crippen molar-refractivity contribution in [2.45, 2.75) is 0 Å². The Bertz CT molecular complexity index is 2410. The van der Waals surface area contributed by atoms with Crippen LogP contribution in [0.2, 0.25) is 0 Å². The van der Waals surface area contributed by atoms with Crippen molar-refractivity contribution in [3.05, 3.63) is 139 Å². The molecule has 0 saturated carbocycles. The van der Waals surface area contributed by atoms with E-state index in [2.05, 4.69) is 112 Å². The number of ether oxygens (including phenoxy) is 8. The third kappa shape index (κ3) is 9.77. The maximum absolute atomic E-state index is 5.98. The molecule has 0 aromatic heterocycles. The second-order valence-corrected chi connectivity index (χ2v) is 17.1. The first-order chi connectivity index (χ1) is 29.2. The van der Waals surface area contributed by atoms with Crippen LogP contribution in [-0.2, 0) is 18.9 Å². The summed E-state index contributed by atoms with van der Waals surface area (Å²) in [5, 5.41) is 8.61. The largest absolute Gasteiger partial charge is 0.467 e. The summed E-state index contributed by atoms with van der Waals surface area (Å²) in [4.78, 5) is 0. The van der Waals surface area contributed by atoms with E-state index in [1.54, 1.807) is 28.4 Å². The van der Waals surface area contributed by atoms with Gasteiger partial charge in [-0.15, -0.1) is 0 Å². The second-order valence-electron chi connectivity index (χ2n) is 13.4. The Labute approximate surface area is 382 Å². The monoisotopic (exact) mass is 1060 g/mol. The minimum atomic E-state index is 0.152. The van der Waals surface area contributed by atoms with Crippen LogP contribution in [0.3, 0.4) is 0 Å². The molecule has 0 N–H and O–H groups in total. The van der Waals surface area contributed by atoms with Crippen molar-refractivity contribution < 1.29 is 37.9 Å².